The SMILES string of the molecule is O=C(CCN1C(=O)c2ccccc2C1=O)Nc1nnc(C2CC2)s1. The molecule has 2 aliphatic rings. The Hall–Kier alpha value is -2.61. The second kappa shape index (κ2) is 5.79. The van der Waals surface area contributed by atoms with Gasteiger partial charge in [-0.2, -0.15) is 0 Å². The Morgan fingerprint density at radius 1 is 1.17 bits per heavy atom. The lowest BCUT2D eigenvalue weighted by Crippen LogP contribution is -2.32. The maximum Gasteiger partial charge on any atom is 0.261 e. The lowest BCUT2D eigenvalue weighted by molar-refractivity contribution is -0.116. The van der Waals surface area contributed by atoms with E-state index in [1.165, 1.54) is 11.3 Å². The van der Waals surface area contributed by atoms with E-state index in [1.807, 2.05) is 0 Å². The van der Waals surface area contributed by atoms with E-state index < -0.39 is 0 Å². The quantitative estimate of drug-likeness (QED) is 0.840. The summed E-state index contributed by atoms with van der Waals surface area (Å²) in [4.78, 5) is 37.6. The third-order valence-electron chi connectivity index (χ3n) is 4.05. The molecule has 1 aromatic carbocycles. The highest BCUT2D eigenvalue weighted by molar-refractivity contribution is 7.15. The van der Waals surface area contributed by atoms with E-state index in [2.05, 4.69) is 15.5 Å². The Labute approximate surface area is 141 Å². The molecule has 0 unspecified atom stereocenters. The number of fused-ring (bicyclic) bond motifs is 1. The predicted octanol–water partition coefficient (Wildman–Crippen LogP) is 2.04. The number of nitrogens with zero attached hydrogens (tertiary/aromatic N) is 3. The van der Waals surface area contributed by atoms with Crippen LogP contribution in [0.4, 0.5) is 5.13 Å². The molecule has 2 aromatic rings. The van der Waals surface area contributed by atoms with Gasteiger partial charge in [0, 0.05) is 18.9 Å². The van der Waals surface area contributed by atoms with Crippen LogP contribution in [0.3, 0.4) is 0 Å². The van der Waals surface area contributed by atoms with Crippen LogP contribution in [0.5, 0.6) is 0 Å². The van der Waals surface area contributed by atoms with Crippen LogP contribution >= 0.6 is 11.3 Å². The van der Waals surface area contributed by atoms with Crippen LogP contribution in [-0.4, -0.2) is 39.4 Å². The van der Waals surface area contributed by atoms with E-state index in [0.717, 1.165) is 22.7 Å². The van der Waals surface area contributed by atoms with E-state index in [0.29, 0.717) is 22.2 Å². The molecule has 4 rings (SSSR count). The molecule has 0 saturated heterocycles. The number of aromatic nitrogens is 2. The fourth-order valence-corrected chi connectivity index (χ4v) is 3.55. The summed E-state index contributed by atoms with van der Waals surface area (Å²) >= 11 is 1.38. The number of carbonyl (C=O) groups is 3. The highest BCUT2D eigenvalue weighted by Gasteiger charge is 2.35. The van der Waals surface area contributed by atoms with Gasteiger partial charge in [0.25, 0.3) is 11.8 Å². The second-order valence-corrected chi connectivity index (χ2v) is 6.83. The molecule has 0 spiro atoms. The minimum Gasteiger partial charge on any atom is -0.300 e. The topological polar surface area (TPSA) is 92.3 Å². The second-order valence-electron chi connectivity index (χ2n) is 5.83. The van der Waals surface area contributed by atoms with Gasteiger partial charge in [-0.15, -0.1) is 10.2 Å². The molecular weight excluding hydrogens is 328 g/mol. The largest absolute Gasteiger partial charge is 0.300 e. The number of imide groups is 1. The zero-order chi connectivity index (χ0) is 16.7. The van der Waals surface area contributed by atoms with Gasteiger partial charge in [-0.25, -0.2) is 0 Å². The Kier molecular flexibility index (Phi) is 3.61. The van der Waals surface area contributed by atoms with Crippen molar-refractivity contribution in [3.05, 3.63) is 40.4 Å². The van der Waals surface area contributed by atoms with Gasteiger partial charge < -0.3 is 5.32 Å². The van der Waals surface area contributed by atoms with Crippen LogP contribution in [-0.2, 0) is 4.79 Å². The van der Waals surface area contributed by atoms with Crippen molar-refractivity contribution in [1.82, 2.24) is 15.1 Å². The Balaban J connectivity index is 1.35. The van der Waals surface area contributed by atoms with Crippen LogP contribution in [0.25, 0.3) is 0 Å². The van der Waals surface area contributed by atoms with Crippen molar-refractivity contribution in [2.75, 3.05) is 11.9 Å². The van der Waals surface area contributed by atoms with Crippen molar-refractivity contribution in [2.24, 2.45) is 0 Å². The van der Waals surface area contributed by atoms with Crippen molar-refractivity contribution in [2.45, 2.75) is 25.2 Å². The molecule has 1 N–H and O–H groups in total. The van der Waals surface area contributed by atoms with E-state index in [9.17, 15) is 14.4 Å². The van der Waals surface area contributed by atoms with E-state index in [4.69, 9.17) is 0 Å². The Bertz CT molecular complexity index is 808. The summed E-state index contributed by atoms with van der Waals surface area (Å²) in [5.74, 6) is -0.498. The summed E-state index contributed by atoms with van der Waals surface area (Å²) < 4.78 is 0. The summed E-state index contributed by atoms with van der Waals surface area (Å²) in [6, 6.07) is 6.67. The highest BCUT2D eigenvalue weighted by atomic mass is 32.1. The van der Waals surface area contributed by atoms with Crippen molar-refractivity contribution in [3.63, 3.8) is 0 Å². The first-order valence-corrected chi connectivity index (χ1v) is 8.53. The van der Waals surface area contributed by atoms with E-state index in [-0.39, 0.29) is 30.7 Å². The first-order chi connectivity index (χ1) is 11.6. The first-order valence-electron chi connectivity index (χ1n) is 7.72. The number of hydrogen-bond donors (Lipinski definition) is 1. The summed E-state index contributed by atoms with van der Waals surface area (Å²) in [5, 5.41) is 12.1. The monoisotopic (exact) mass is 342 g/mol. The van der Waals surface area contributed by atoms with Crippen LogP contribution in [0.2, 0.25) is 0 Å². The van der Waals surface area contributed by atoms with E-state index >= 15 is 0 Å². The smallest absolute Gasteiger partial charge is 0.261 e. The summed E-state index contributed by atoms with van der Waals surface area (Å²) in [5.41, 5.74) is 0.780. The van der Waals surface area contributed by atoms with E-state index in [1.54, 1.807) is 24.3 Å². The maximum atomic E-state index is 12.2. The van der Waals surface area contributed by atoms with Crippen molar-refractivity contribution >= 4 is 34.2 Å². The number of hydrogen-bond acceptors (Lipinski definition) is 6. The fourth-order valence-electron chi connectivity index (χ4n) is 2.62. The van der Waals surface area contributed by atoms with Gasteiger partial charge in [0.1, 0.15) is 5.01 Å². The lowest BCUT2D eigenvalue weighted by atomic mass is 10.1. The van der Waals surface area contributed by atoms with Gasteiger partial charge in [-0.05, 0) is 25.0 Å². The Morgan fingerprint density at radius 2 is 1.83 bits per heavy atom. The normalized spacial score (nSPS) is 16.4. The zero-order valence-electron chi connectivity index (χ0n) is 12.7. The van der Waals surface area contributed by atoms with Gasteiger partial charge in [-0.3, -0.25) is 19.3 Å². The fraction of sp³-hybridized carbons (Fsp3) is 0.312. The van der Waals surface area contributed by atoms with Gasteiger partial charge in [0.15, 0.2) is 0 Å². The summed E-state index contributed by atoms with van der Waals surface area (Å²) in [6.07, 6.45) is 2.29. The first kappa shape index (κ1) is 14.9. The van der Waals surface area contributed by atoms with Crippen LogP contribution in [0.15, 0.2) is 24.3 Å². The molecule has 2 heterocycles. The molecule has 1 aromatic heterocycles. The Morgan fingerprint density at radius 3 is 2.46 bits per heavy atom. The maximum absolute atomic E-state index is 12.2. The zero-order valence-corrected chi connectivity index (χ0v) is 13.5. The molecular formula is C16H14N4O3S. The number of carbonyl (C=O) groups excluding carboxylic acids is 3. The summed E-state index contributed by atoms with van der Waals surface area (Å²) in [6.45, 7) is 0.0481. The predicted molar refractivity (Wildman–Crippen MR) is 86.9 cm³/mol. The van der Waals surface area contributed by atoms with Gasteiger partial charge in [0.2, 0.25) is 11.0 Å². The molecule has 0 bridgehead atoms. The highest BCUT2D eigenvalue weighted by Crippen LogP contribution is 2.42. The number of rotatable bonds is 5. The molecule has 1 fully saturated rings. The molecule has 7 nitrogen and oxygen atoms in total. The molecule has 1 saturated carbocycles. The van der Waals surface area contributed by atoms with Crippen LogP contribution in [0.1, 0.15) is 50.9 Å². The van der Waals surface area contributed by atoms with Crippen molar-refractivity contribution < 1.29 is 14.4 Å². The molecule has 122 valence electrons. The van der Waals surface area contributed by atoms with Crippen LogP contribution < -0.4 is 5.32 Å². The number of benzene rings is 1. The molecule has 8 heteroatoms. The molecule has 3 amide bonds. The molecule has 1 aliphatic heterocycles. The van der Waals surface area contributed by atoms with Gasteiger partial charge in [-0.1, -0.05) is 23.5 Å². The third kappa shape index (κ3) is 2.69. The molecule has 0 radical (unpaired) electrons. The van der Waals surface area contributed by atoms with Gasteiger partial charge in [0.05, 0.1) is 11.1 Å². The minimum atomic E-state index is -0.352. The van der Waals surface area contributed by atoms with Crippen LogP contribution in [0, 0.1) is 0 Å². The van der Waals surface area contributed by atoms with Crippen molar-refractivity contribution in [1.29, 1.82) is 0 Å². The number of anilines is 1. The molecule has 1 aliphatic carbocycles. The summed E-state index contributed by atoms with van der Waals surface area (Å²) in [7, 11) is 0. The minimum absolute atomic E-state index is 0.0316. The average molecular weight is 342 g/mol. The molecule has 24 heavy (non-hydrogen) atoms. The molecule has 0 atom stereocenters. The lowest BCUT2D eigenvalue weighted by Gasteiger charge is -2.12. The van der Waals surface area contributed by atoms with Gasteiger partial charge >= 0.3 is 0 Å². The number of amides is 3. The van der Waals surface area contributed by atoms with Crippen molar-refractivity contribution in [3.8, 4) is 0 Å². The standard InChI is InChI=1S/C16H14N4O3S/c21-12(17-16-19-18-13(24-16)9-5-6-9)7-8-20-14(22)10-3-1-2-4-11(10)15(20)23/h1-4,9H,5-8H2,(H,17,19,21). The average Bonchev–Trinajstić information content (AvgIpc) is 3.29. The third-order valence-corrected chi connectivity index (χ3v) is 5.06. The number of nitrogens with one attached hydrogen (secondary N) is 1.